The Morgan fingerprint density at radius 3 is 1.37 bits per heavy atom. The van der Waals surface area contributed by atoms with Crippen LogP contribution in [0.4, 0.5) is 4.79 Å². The summed E-state index contributed by atoms with van der Waals surface area (Å²) in [7, 11) is 3.17. The van der Waals surface area contributed by atoms with Gasteiger partial charge in [0.25, 0.3) is 0 Å². The van der Waals surface area contributed by atoms with Crippen molar-refractivity contribution in [2.75, 3.05) is 14.2 Å². The van der Waals surface area contributed by atoms with Crippen LogP contribution in [0.1, 0.15) is 173 Å². The van der Waals surface area contributed by atoms with Gasteiger partial charge in [0.05, 0.1) is 25.7 Å². The molecular weight excluding hydrogens is 1030 g/mol. The Morgan fingerprint density at radius 2 is 1.01 bits per heavy atom. The van der Waals surface area contributed by atoms with Gasteiger partial charge < -0.3 is 19.9 Å². The fourth-order valence-corrected chi connectivity index (χ4v) is 18.3. The minimum absolute atomic E-state index is 0.00333. The number of carbonyl (C=O) groups excluding carboxylic acids is 4. The van der Waals surface area contributed by atoms with Crippen molar-refractivity contribution in [1.82, 2.24) is 0 Å². The maximum atomic E-state index is 12.9. The van der Waals surface area contributed by atoms with E-state index in [4.69, 9.17) is 50.0 Å². The van der Waals surface area contributed by atoms with Gasteiger partial charge in [-0.15, -0.1) is 0 Å². The molecule has 0 spiro atoms. The van der Waals surface area contributed by atoms with Gasteiger partial charge in [-0.25, -0.2) is 4.79 Å². The summed E-state index contributed by atoms with van der Waals surface area (Å²) in [5.74, 6) is 1.77. The van der Waals surface area contributed by atoms with E-state index < -0.39 is 14.8 Å². The summed E-state index contributed by atoms with van der Waals surface area (Å²) in [6.45, 7) is 28.0. The van der Waals surface area contributed by atoms with E-state index in [0.717, 1.165) is 92.9 Å². The van der Waals surface area contributed by atoms with Gasteiger partial charge in [0.15, 0.2) is 11.5 Å². The predicted octanol–water partition coefficient (Wildman–Crippen LogP) is 16.1. The molecule has 0 saturated heterocycles. The number of ether oxygens (including phenoxy) is 3. The van der Waals surface area contributed by atoms with E-state index in [9.17, 15) is 24.4 Å². The number of halogens is 4. The molecule has 0 aliphatic heterocycles. The number of rotatable bonds is 3. The van der Waals surface area contributed by atoms with Gasteiger partial charge in [-0.2, -0.15) is 5.26 Å². The fraction of sp³-hybridized carbons (Fsp3) is 0.661. The third-order valence-electron chi connectivity index (χ3n) is 23.2. The van der Waals surface area contributed by atoms with Crippen molar-refractivity contribution in [2.24, 2.45) is 71.7 Å². The van der Waals surface area contributed by atoms with E-state index in [0.29, 0.717) is 28.8 Å². The van der Waals surface area contributed by atoms with Crippen LogP contribution in [0.5, 0.6) is 0 Å². The van der Waals surface area contributed by atoms with E-state index in [1.165, 1.54) is 41.6 Å². The molecule has 13 heteroatoms. The molecular formula is C62H80Cl4N2O7. The Balaban J connectivity index is 0.000000174. The van der Waals surface area contributed by atoms with Crippen LogP contribution in [-0.2, 0) is 28.6 Å². The van der Waals surface area contributed by atoms with Crippen molar-refractivity contribution in [3.05, 3.63) is 92.6 Å². The number of amides is 1. The molecule has 6 fully saturated rings. The number of carbonyl (C=O) groups is 4. The van der Waals surface area contributed by atoms with Crippen LogP contribution in [0, 0.1) is 77.3 Å². The number of nitriles is 1. The van der Waals surface area contributed by atoms with E-state index >= 15 is 0 Å². The van der Waals surface area contributed by atoms with Gasteiger partial charge in [-0.1, -0.05) is 97.8 Å². The number of fused-ring (bicyclic) bond motifs is 14. The van der Waals surface area contributed by atoms with Gasteiger partial charge in [0.1, 0.15) is 0 Å². The number of allylic oxidation sites excluding steroid dienone is 14. The predicted molar refractivity (Wildman–Crippen MR) is 298 cm³/mol. The molecule has 10 aliphatic carbocycles. The second-order valence-electron chi connectivity index (χ2n) is 26.9. The summed E-state index contributed by atoms with van der Waals surface area (Å²) in [5.41, 5.74) is 14.3. The Kier molecular flexibility index (Phi) is 14.4. The fourth-order valence-electron chi connectivity index (χ4n) is 17.8. The molecule has 10 aliphatic rings. The third kappa shape index (κ3) is 8.73. The standard InChI is InChI=1S/C30H41NO3.C30H39NO2.C2Cl4O2/c1-18-19-8-9-22-28(4,20(19)16-21(32)24(18)34-7)13-15-30(6)23-17-27(3,25(31)33)11-10-26(23,2)12-14-29(22,30)5;1-19-20-8-9-23-28(4,21(20)16-22(32)25(19)33-7)13-15-30(6)24-17-26(2,18-31)10-11-27(24,3)12-14-29(23,30)5;3-1(7)8-2(4,5)6/h8-9,16,23H,10-15,17H2,1-7H3,(H2,31,33);8-9,16,24H,10-15,17H2,1-7H3;/t23-,26-,27-,28+,29-,30+;24-,26-,27-,28+,29-,30+;/m11./s1. The Bertz CT molecular complexity index is 2840. The number of nitrogens with zero attached hydrogens (tertiary/aromatic N) is 1. The zero-order valence-corrected chi connectivity index (χ0v) is 49.9. The molecule has 1 amide bonds. The molecule has 0 heterocycles. The van der Waals surface area contributed by atoms with Crippen molar-refractivity contribution in [1.29, 1.82) is 5.26 Å². The maximum Gasteiger partial charge on any atom is 0.407 e. The van der Waals surface area contributed by atoms with E-state index in [2.05, 4.69) is 116 Å². The van der Waals surface area contributed by atoms with Gasteiger partial charge in [0.2, 0.25) is 17.5 Å². The van der Waals surface area contributed by atoms with E-state index in [1.807, 2.05) is 26.0 Å². The van der Waals surface area contributed by atoms with Crippen LogP contribution in [0.2, 0.25) is 0 Å². The number of hydrogen-bond donors (Lipinski definition) is 1. The van der Waals surface area contributed by atoms with E-state index in [-0.39, 0.29) is 60.8 Å². The summed E-state index contributed by atoms with van der Waals surface area (Å²) >= 11 is 19.4. The SMILES string of the molecule is COC1=C(C)C2=CC=C3[C@@](C)(CC[C@@]4(C)[C@@H]5C[C@](C)(C#N)CC[C@]5(C)CC[C@]34C)C2=CC1=O.COC1=C(C)C2=CC=C3[C@@](C)(CC[C@@]4(C)[C@@H]5C[C@](C)(C(N)=O)CC[C@]5(C)CC[C@]34C)C2=CC1=O.O=C(Cl)OC(Cl)(Cl)Cl. The lowest BCUT2D eigenvalue weighted by molar-refractivity contribution is -0.167. The molecule has 12 atom stereocenters. The molecule has 0 aromatic heterocycles. The van der Waals surface area contributed by atoms with Gasteiger partial charge in [-0.3, -0.25) is 14.4 Å². The summed E-state index contributed by atoms with van der Waals surface area (Å²) in [5, 5.41) is 9.99. The molecule has 0 aromatic carbocycles. The molecule has 0 aromatic rings. The van der Waals surface area contributed by atoms with Crippen LogP contribution >= 0.6 is 46.4 Å². The summed E-state index contributed by atoms with van der Waals surface area (Å²) < 4.78 is 12.7. The highest BCUT2D eigenvalue weighted by Crippen LogP contribution is 2.77. The number of alkyl halides is 3. The van der Waals surface area contributed by atoms with Crippen LogP contribution in [0.3, 0.4) is 0 Å². The first-order valence-electron chi connectivity index (χ1n) is 27.1. The minimum Gasteiger partial charge on any atom is -0.492 e. The number of ketones is 2. The molecule has 10 rings (SSSR count). The average Bonchev–Trinajstić information content (AvgIpc) is 3.32. The van der Waals surface area contributed by atoms with Crippen molar-refractivity contribution < 1.29 is 33.4 Å². The molecule has 0 radical (unpaired) electrons. The first-order valence-corrected chi connectivity index (χ1v) is 28.6. The van der Waals surface area contributed by atoms with Crippen LogP contribution in [0.15, 0.2) is 92.6 Å². The van der Waals surface area contributed by atoms with Crippen molar-refractivity contribution >= 4 is 69.3 Å². The number of nitrogens with two attached hydrogens (primary N) is 1. The quantitative estimate of drug-likeness (QED) is 0.217. The summed E-state index contributed by atoms with van der Waals surface area (Å²) in [6, 6.07) is 2.69. The second-order valence-corrected chi connectivity index (χ2v) is 29.3. The van der Waals surface area contributed by atoms with Crippen LogP contribution < -0.4 is 5.73 Å². The summed E-state index contributed by atoms with van der Waals surface area (Å²) in [4.78, 5) is 48.1. The molecule has 9 nitrogen and oxygen atoms in total. The lowest BCUT2D eigenvalue weighted by Gasteiger charge is -2.70. The summed E-state index contributed by atoms with van der Waals surface area (Å²) in [6.07, 6.45) is 28.0. The Morgan fingerprint density at radius 1 is 0.613 bits per heavy atom. The normalized spacial score (nSPS) is 42.4. The Hall–Kier alpha value is -3.55. The first kappa shape index (κ1) is 57.6. The first-order chi connectivity index (χ1) is 34.5. The molecule has 2 N–H and O–H groups in total. The number of primary amides is 1. The smallest absolute Gasteiger partial charge is 0.407 e. The number of methoxy groups -OCH3 is 2. The van der Waals surface area contributed by atoms with E-state index in [1.54, 1.807) is 14.2 Å². The van der Waals surface area contributed by atoms with Crippen molar-refractivity contribution in [3.63, 3.8) is 0 Å². The Labute approximate surface area is 466 Å². The molecule has 6 saturated carbocycles. The molecule has 0 bridgehead atoms. The lowest BCUT2D eigenvalue weighted by atomic mass is 9.34. The van der Waals surface area contributed by atoms with Gasteiger partial charge in [-0.05, 0) is 224 Å². The van der Waals surface area contributed by atoms with Gasteiger partial charge in [0, 0.05) is 39.0 Å². The molecule has 75 heavy (non-hydrogen) atoms. The molecule has 0 unspecified atom stereocenters. The largest absolute Gasteiger partial charge is 0.492 e. The molecule has 408 valence electrons. The van der Waals surface area contributed by atoms with Crippen molar-refractivity contribution in [3.8, 4) is 6.07 Å². The highest BCUT2D eigenvalue weighted by molar-refractivity contribution is 6.69. The third-order valence-corrected chi connectivity index (χ3v) is 23.5. The highest BCUT2D eigenvalue weighted by atomic mass is 35.6. The average molecular weight is 1110 g/mol. The maximum absolute atomic E-state index is 12.9. The lowest BCUT2D eigenvalue weighted by Crippen LogP contribution is -2.62. The second kappa shape index (κ2) is 18.8. The highest BCUT2D eigenvalue weighted by Gasteiger charge is 2.69. The topological polar surface area (TPSA) is 146 Å². The zero-order valence-electron chi connectivity index (χ0n) is 46.9. The van der Waals surface area contributed by atoms with Crippen LogP contribution in [0.25, 0.3) is 0 Å². The van der Waals surface area contributed by atoms with Crippen molar-refractivity contribution in [2.45, 2.75) is 177 Å². The van der Waals surface area contributed by atoms with Gasteiger partial charge >= 0.3 is 9.41 Å². The monoisotopic (exact) mass is 1100 g/mol. The number of hydrogen-bond acceptors (Lipinski definition) is 8. The zero-order chi connectivity index (χ0) is 55.7. The van der Waals surface area contributed by atoms with Crippen LogP contribution in [-0.4, -0.2) is 41.1 Å². The minimum atomic E-state index is -2.04.